The monoisotopic (exact) mass is 434 g/mol. The summed E-state index contributed by atoms with van der Waals surface area (Å²) >= 11 is 0. The molecule has 0 aliphatic rings. The molecule has 6 nitrogen and oxygen atoms in total. The average molecular weight is 435 g/mol. The summed E-state index contributed by atoms with van der Waals surface area (Å²) < 4.78 is 17.5. The van der Waals surface area contributed by atoms with Gasteiger partial charge in [-0.25, -0.2) is 9.78 Å². The molecule has 2 atom stereocenters. The van der Waals surface area contributed by atoms with Gasteiger partial charge in [-0.3, -0.25) is 0 Å². The summed E-state index contributed by atoms with van der Waals surface area (Å²) in [5, 5.41) is 2.85. The van der Waals surface area contributed by atoms with Crippen molar-refractivity contribution in [2.24, 2.45) is 0 Å². The molecule has 0 saturated carbocycles. The van der Waals surface area contributed by atoms with Crippen molar-refractivity contribution in [2.75, 3.05) is 6.61 Å². The van der Waals surface area contributed by atoms with Crippen LogP contribution in [0.4, 0.5) is 4.79 Å². The van der Waals surface area contributed by atoms with E-state index in [0.717, 1.165) is 0 Å². The lowest BCUT2D eigenvalue weighted by molar-refractivity contribution is 0.0519. The number of aromatic nitrogens is 1. The number of alkyl carbamates (subject to hydrolysis) is 1. The van der Waals surface area contributed by atoms with Crippen molar-refractivity contribution in [1.29, 1.82) is 0 Å². The molecule has 1 heterocycles. The molecule has 1 N–H and O–H groups in total. The average Bonchev–Trinajstić information content (AvgIpc) is 2.56. The van der Waals surface area contributed by atoms with Gasteiger partial charge in [-0.2, -0.15) is 0 Å². The van der Waals surface area contributed by atoms with E-state index in [1.165, 1.54) is 0 Å². The second kappa shape index (κ2) is 10.3. The Hall–Kier alpha value is -2.04. The molecule has 0 aliphatic heterocycles. The van der Waals surface area contributed by atoms with Crippen molar-refractivity contribution in [2.45, 2.75) is 91.3 Å². The van der Waals surface area contributed by atoms with E-state index in [1.54, 1.807) is 13.1 Å². The van der Waals surface area contributed by atoms with Gasteiger partial charge in [0.1, 0.15) is 11.7 Å². The third kappa shape index (κ3) is 9.18. The van der Waals surface area contributed by atoms with Crippen molar-refractivity contribution < 1.29 is 18.7 Å². The molecule has 0 radical (unpaired) electrons. The molecular weight excluding hydrogens is 396 g/mol. The van der Waals surface area contributed by atoms with E-state index in [9.17, 15) is 4.79 Å². The van der Waals surface area contributed by atoms with Gasteiger partial charge in [-0.15, -0.1) is 0 Å². The Morgan fingerprint density at radius 3 is 2.40 bits per heavy atom. The smallest absolute Gasteiger partial charge is 0.408 e. The highest BCUT2D eigenvalue weighted by Gasteiger charge is 2.37. The predicted octanol–water partition coefficient (Wildman–Crippen LogP) is 5.14. The van der Waals surface area contributed by atoms with Crippen LogP contribution in [0.25, 0.3) is 0 Å². The van der Waals surface area contributed by atoms with Crippen LogP contribution < -0.4 is 10.1 Å². The number of ether oxygens (including phenoxy) is 2. The second-order valence-electron chi connectivity index (χ2n) is 9.99. The zero-order chi connectivity index (χ0) is 23.2. The third-order valence-electron chi connectivity index (χ3n) is 4.72. The normalized spacial score (nSPS) is 14.2. The number of amides is 1. The Labute approximate surface area is 183 Å². The van der Waals surface area contributed by atoms with Crippen LogP contribution in [-0.4, -0.2) is 43.7 Å². The van der Waals surface area contributed by atoms with E-state index in [4.69, 9.17) is 13.9 Å². The predicted molar refractivity (Wildman–Crippen MR) is 123 cm³/mol. The van der Waals surface area contributed by atoms with E-state index >= 15 is 0 Å². The van der Waals surface area contributed by atoms with Gasteiger partial charge in [0.25, 0.3) is 0 Å². The first-order valence-corrected chi connectivity index (χ1v) is 13.3. The molecule has 0 spiro atoms. The van der Waals surface area contributed by atoms with Gasteiger partial charge < -0.3 is 19.2 Å². The van der Waals surface area contributed by atoms with Crippen molar-refractivity contribution in [1.82, 2.24) is 10.3 Å². The maximum atomic E-state index is 11.9. The van der Waals surface area contributed by atoms with Crippen molar-refractivity contribution in [3.05, 3.63) is 24.0 Å². The van der Waals surface area contributed by atoms with E-state index in [-0.39, 0.29) is 11.1 Å². The molecule has 30 heavy (non-hydrogen) atoms. The zero-order valence-corrected chi connectivity index (χ0v) is 21.2. The maximum absolute atomic E-state index is 11.9. The largest absolute Gasteiger partial charge is 0.485 e. The van der Waals surface area contributed by atoms with E-state index in [0.29, 0.717) is 18.1 Å². The van der Waals surface area contributed by atoms with E-state index in [2.05, 4.69) is 56.0 Å². The minimum Gasteiger partial charge on any atom is -0.485 e. The Bertz CT molecular complexity index is 770. The zero-order valence-electron chi connectivity index (χ0n) is 20.2. The molecule has 1 amide bonds. The summed E-state index contributed by atoms with van der Waals surface area (Å²) in [5.41, 5.74) is -0.0310. The first-order valence-electron chi connectivity index (χ1n) is 10.4. The molecule has 0 unspecified atom stereocenters. The molecule has 168 valence electrons. The Kier molecular flexibility index (Phi) is 8.94. The fraction of sp³-hybridized carbons (Fsp3) is 0.652. The Morgan fingerprint density at radius 1 is 1.20 bits per heavy atom. The van der Waals surface area contributed by atoms with Crippen molar-refractivity contribution in [3.63, 3.8) is 0 Å². The summed E-state index contributed by atoms with van der Waals surface area (Å²) in [6, 6.07) is 3.25. The summed E-state index contributed by atoms with van der Waals surface area (Å²) in [5.74, 6) is 6.57. The van der Waals surface area contributed by atoms with Crippen LogP contribution in [0.2, 0.25) is 18.1 Å². The second-order valence-corrected chi connectivity index (χ2v) is 14.8. The lowest BCUT2D eigenvalue weighted by Gasteiger charge is -2.36. The molecule has 1 aromatic rings. The summed E-state index contributed by atoms with van der Waals surface area (Å²) in [6.07, 6.45) is 1.03. The highest BCUT2D eigenvalue weighted by Crippen LogP contribution is 2.36. The van der Waals surface area contributed by atoms with E-state index in [1.807, 2.05) is 39.8 Å². The molecule has 0 aliphatic carbocycles. The number of pyridine rings is 1. The van der Waals surface area contributed by atoms with Crippen molar-refractivity contribution >= 4 is 14.4 Å². The number of hydrogen-bond donors (Lipinski definition) is 1. The summed E-state index contributed by atoms with van der Waals surface area (Å²) in [4.78, 5) is 16.2. The van der Waals surface area contributed by atoms with Crippen LogP contribution in [0.1, 0.15) is 61.1 Å². The number of nitrogens with zero attached hydrogens (tertiary/aromatic N) is 1. The molecule has 0 saturated heterocycles. The Morgan fingerprint density at radius 2 is 1.83 bits per heavy atom. The topological polar surface area (TPSA) is 69.7 Å². The molecule has 0 aromatic carbocycles. The quantitative estimate of drug-likeness (QED) is 0.496. The van der Waals surface area contributed by atoms with Crippen LogP contribution in [0, 0.1) is 11.8 Å². The summed E-state index contributed by atoms with van der Waals surface area (Å²) in [6.45, 7) is 20.8. The first kappa shape index (κ1) is 26.0. The van der Waals surface area contributed by atoms with Gasteiger partial charge in [0.05, 0.1) is 12.6 Å². The lowest BCUT2D eigenvalue weighted by Crippen LogP contribution is -2.43. The van der Waals surface area contributed by atoms with Gasteiger partial charge in [-0.1, -0.05) is 26.7 Å². The van der Waals surface area contributed by atoms with Gasteiger partial charge >= 0.3 is 6.09 Å². The molecule has 7 heteroatoms. The molecule has 0 bridgehead atoms. The molecule has 1 aromatic heterocycles. The fourth-order valence-electron chi connectivity index (χ4n) is 2.07. The van der Waals surface area contributed by atoms with Gasteiger partial charge in [0, 0.05) is 6.20 Å². The highest BCUT2D eigenvalue weighted by molar-refractivity contribution is 6.74. The highest BCUT2D eigenvalue weighted by atomic mass is 28.4. The van der Waals surface area contributed by atoms with E-state index < -0.39 is 26.1 Å². The maximum Gasteiger partial charge on any atom is 0.408 e. The van der Waals surface area contributed by atoms with Crippen LogP contribution in [0.3, 0.4) is 0 Å². The van der Waals surface area contributed by atoms with Crippen LogP contribution in [0.15, 0.2) is 18.3 Å². The van der Waals surface area contributed by atoms with Crippen molar-refractivity contribution in [3.8, 4) is 17.6 Å². The van der Waals surface area contributed by atoms with Gasteiger partial charge in [0.15, 0.2) is 19.8 Å². The molecule has 0 fully saturated rings. The van der Waals surface area contributed by atoms with Crippen LogP contribution in [-0.2, 0) is 9.16 Å². The van der Waals surface area contributed by atoms with Gasteiger partial charge in [-0.05, 0) is 70.8 Å². The fourth-order valence-corrected chi connectivity index (χ4v) is 3.15. The number of nitrogens with one attached hydrogen (secondary N) is 1. The lowest BCUT2D eigenvalue weighted by atomic mass is 10.2. The third-order valence-corrected chi connectivity index (χ3v) is 9.22. The minimum atomic E-state index is -1.84. The minimum absolute atomic E-state index is 0.138. The number of rotatable bonds is 6. The number of hydrogen-bond acceptors (Lipinski definition) is 5. The Balaban J connectivity index is 2.75. The first-order chi connectivity index (χ1) is 13.6. The number of carbonyl (C=O) groups excluding carboxylic acids is 1. The molecular formula is C23H38N2O4Si. The number of carbonyl (C=O) groups is 1. The van der Waals surface area contributed by atoms with Crippen LogP contribution >= 0.6 is 0 Å². The standard InChI is InChI=1S/C23H38N2O4Si/c1-17(25-21(26)29-22(3,4)5)13-14-19-20(12-11-15-24-19)28-18(2)16-27-30(9,10)23(6,7)8/h11-12,15,17-18H,16H2,1-10H3,(H,25,26)/t17-,18-/m1/s1. The van der Waals surface area contributed by atoms with Gasteiger partial charge in [0.2, 0.25) is 0 Å². The SMILES string of the molecule is C[C@H](C#Cc1ncccc1O[C@H](C)CO[Si](C)(C)C(C)(C)C)NC(=O)OC(C)(C)C. The molecule has 1 rings (SSSR count). The summed E-state index contributed by atoms with van der Waals surface area (Å²) in [7, 11) is -1.84. The van der Waals surface area contributed by atoms with Crippen LogP contribution in [0.5, 0.6) is 5.75 Å².